The average Bonchev–Trinajstić information content (AvgIpc) is 2.70. The van der Waals surface area contributed by atoms with E-state index in [2.05, 4.69) is 6.58 Å². The number of primary sulfonamides is 1. The Bertz CT molecular complexity index is 574. The SMILES string of the molecule is C=CC(=O)N1CCc2sc(S(N)(=O)=O)cc2C1. The van der Waals surface area contributed by atoms with Crippen LogP contribution in [0.3, 0.4) is 0 Å². The van der Waals surface area contributed by atoms with Gasteiger partial charge in [-0.25, -0.2) is 13.6 Å². The van der Waals surface area contributed by atoms with E-state index in [1.807, 2.05) is 0 Å². The number of nitrogens with zero attached hydrogens (tertiary/aromatic N) is 1. The summed E-state index contributed by atoms with van der Waals surface area (Å²) in [6.07, 6.45) is 1.92. The smallest absolute Gasteiger partial charge is 0.247 e. The zero-order valence-electron chi connectivity index (χ0n) is 9.05. The third-order valence-corrected chi connectivity index (χ3v) is 5.27. The number of carbonyl (C=O) groups excluding carboxylic acids is 1. The molecule has 0 bridgehead atoms. The first-order chi connectivity index (χ1) is 7.91. The van der Waals surface area contributed by atoms with Gasteiger partial charge in [0.15, 0.2) is 0 Å². The van der Waals surface area contributed by atoms with Gasteiger partial charge in [-0.2, -0.15) is 0 Å². The molecule has 2 N–H and O–H groups in total. The molecule has 7 heteroatoms. The molecule has 1 amide bonds. The van der Waals surface area contributed by atoms with E-state index in [1.165, 1.54) is 17.4 Å². The van der Waals surface area contributed by atoms with Crippen molar-refractivity contribution in [3.05, 3.63) is 29.2 Å². The number of carbonyl (C=O) groups is 1. The van der Waals surface area contributed by atoms with E-state index >= 15 is 0 Å². The Morgan fingerprint density at radius 2 is 2.29 bits per heavy atom. The monoisotopic (exact) mass is 272 g/mol. The molecule has 0 fully saturated rings. The number of nitrogens with two attached hydrogens (primary N) is 1. The summed E-state index contributed by atoms with van der Waals surface area (Å²) in [5.74, 6) is -0.140. The largest absolute Gasteiger partial charge is 0.334 e. The molecule has 0 aliphatic carbocycles. The molecule has 1 aromatic heterocycles. The van der Waals surface area contributed by atoms with Crippen LogP contribution in [0.4, 0.5) is 0 Å². The van der Waals surface area contributed by atoms with E-state index in [0.717, 1.165) is 10.4 Å². The molecule has 92 valence electrons. The van der Waals surface area contributed by atoms with Crippen LogP contribution in [0.5, 0.6) is 0 Å². The molecule has 0 radical (unpaired) electrons. The molecule has 17 heavy (non-hydrogen) atoms. The number of thiophene rings is 1. The van der Waals surface area contributed by atoms with Crippen molar-refractivity contribution in [2.45, 2.75) is 17.2 Å². The van der Waals surface area contributed by atoms with Gasteiger partial charge in [0.05, 0.1) is 0 Å². The average molecular weight is 272 g/mol. The Morgan fingerprint density at radius 1 is 1.59 bits per heavy atom. The van der Waals surface area contributed by atoms with Crippen LogP contribution in [-0.4, -0.2) is 25.8 Å². The number of hydrogen-bond acceptors (Lipinski definition) is 4. The first-order valence-electron chi connectivity index (χ1n) is 4.97. The Hall–Kier alpha value is -1.18. The second-order valence-corrected chi connectivity index (χ2v) is 6.70. The van der Waals surface area contributed by atoms with Gasteiger partial charge in [0.1, 0.15) is 4.21 Å². The standard InChI is InChI=1S/C10H12N2O3S2/c1-2-9(13)12-4-3-8-7(6-12)5-10(16-8)17(11,14)15/h2,5H,1,3-4,6H2,(H2,11,14,15). The maximum atomic E-state index is 11.4. The molecule has 1 aromatic rings. The van der Waals surface area contributed by atoms with Crippen molar-refractivity contribution in [1.82, 2.24) is 4.90 Å². The van der Waals surface area contributed by atoms with Crippen molar-refractivity contribution in [3.63, 3.8) is 0 Å². The van der Waals surface area contributed by atoms with Gasteiger partial charge in [-0.3, -0.25) is 4.79 Å². The molecule has 0 atom stereocenters. The summed E-state index contributed by atoms with van der Waals surface area (Å²) in [4.78, 5) is 14.1. The molecule has 1 aliphatic rings. The minimum Gasteiger partial charge on any atom is -0.334 e. The lowest BCUT2D eigenvalue weighted by atomic mass is 10.1. The van der Waals surface area contributed by atoms with Crippen molar-refractivity contribution in [2.75, 3.05) is 6.54 Å². The number of amides is 1. The summed E-state index contributed by atoms with van der Waals surface area (Å²) < 4.78 is 22.6. The van der Waals surface area contributed by atoms with E-state index in [9.17, 15) is 13.2 Å². The topological polar surface area (TPSA) is 80.5 Å². The fraction of sp³-hybridized carbons (Fsp3) is 0.300. The van der Waals surface area contributed by atoms with E-state index in [4.69, 9.17) is 5.14 Å². The molecule has 2 rings (SSSR count). The molecular formula is C10H12N2O3S2. The number of fused-ring (bicyclic) bond motifs is 1. The third kappa shape index (κ3) is 2.41. The van der Waals surface area contributed by atoms with Crippen molar-refractivity contribution < 1.29 is 13.2 Å². The number of rotatable bonds is 2. The van der Waals surface area contributed by atoms with Gasteiger partial charge in [0.2, 0.25) is 15.9 Å². The summed E-state index contributed by atoms with van der Waals surface area (Å²) in [5.41, 5.74) is 0.862. The lowest BCUT2D eigenvalue weighted by Gasteiger charge is -2.25. The Labute approximate surface area is 104 Å². The maximum absolute atomic E-state index is 11.4. The summed E-state index contributed by atoms with van der Waals surface area (Å²) in [5, 5.41) is 5.08. The number of sulfonamides is 1. The molecule has 5 nitrogen and oxygen atoms in total. The molecule has 0 saturated heterocycles. The van der Waals surface area contributed by atoms with Crippen LogP contribution >= 0.6 is 11.3 Å². The van der Waals surface area contributed by atoms with Crippen LogP contribution in [0.15, 0.2) is 22.9 Å². The fourth-order valence-corrected chi connectivity index (χ4v) is 3.73. The zero-order valence-corrected chi connectivity index (χ0v) is 10.7. The minimum atomic E-state index is -3.65. The summed E-state index contributed by atoms with van der Waals surface area (Å²) in [6.45, 7) is 4.44. The predicted octanol–water partition coefficient (Wildman–Crippen LogP) is 0.466. The van der Waals surface area contributed by atoms with Gasteiger partial charge in [-0.15, -0.1) is 11.3 Å². The molecule has 0 aromatic carbocycles. The number of hydrogen-bond donors (Lipinski definition) is 1. The molecule has 2 heterocycles. The van der Waals surface area contributed by atoms with Gasteiger partial charge in [-0.05, 0) is 24.1 Å². The van der Waals surface area contributed by atoms with Gasteiger partial charge in [0, 0.05) is 18.0 Å². The summed E-state index contributed by atoms with van der Waals surface area (Å²) >= 11 is 1.19. The summed E-state index contributed by atoms with van der Waals surface area (Å²) in [7, 11) is -3.65. The van der Waals surface area contributed by atoms with Crippen molar-refractivity contribution >= 4 is 27.3 Å². The highest BCUT2D eigenvalue weighted by Gasteiger charge is 2.23. The third-order valence-electron chi connectivity index (χ3n) is 2.61. The van der Waals surface area contributed by atoms with Crippen LogP contribution in [-0.2, 0) is 27.8 Å². The van der Waals surface area contributed by atoms with Gasteiger partial charge >= 0.3 is 0 Å². The first kappa shape index (κ1) is 12.3. The van der Waals surface area contributed by atoms with Crippen LogP contribution in [0.2, 0.25) is 0 Å². The first-order valence-corrected chi connectivity index (χ1v) is 7.34. The fourth-order valence-electron chi connectivity index (χ4n) is 1.76. The predicted molar refractivity (Wildman–Crippen MR) is 65.0 cm³/mol. The maximum Gasteiger partial charge on any atom is 0.247 e. The second kappa shape index (κ2) is 4.25. The minimum absolute atomic E-state index is 0.140. The molecule has 0 unspecified atom stereocenters. The highest BCUT2D eigenvalue weighted by Crippen LogP contribution is 2.30. The van der Waals surface area contributed by atoms with Crippen molar-refractivity contribution in [3.8, 4) is 0 Å². The van der Waals surface area contributed by atoms with E-state index < -0.39 is 10.0 Å². The van der Waals surface area contributed by atoms with Crippen LogP contribution < -0.4 is 5.14 Å². The molecule has 0 spiro atoms. The zero-order chi connectivity index (χ0) is 12.6. The van der Waals surface area contributed by atoms with E-state index in [0.29, 0.717) is 19.5 Å². The van der Waals surface area contributed by atoms with Crippen LogP contribution in [0.1, 0.15) is 10.4 Å². The highest BCUT2D eigenvalue weighted by molar-refractivity contribution is 7.91. The Morgan fingerprint density at radius 3 is 2.88 bits per heavy atom. The van der Waals surface area contributed by atoms with Crippen molar-refractivity contribution in [1.29, 1.82) is 0 Å². The second-order valence-electron chi connectivity index (χ2n) is 3.77. The quantitative estimate of drug-likeness (QED) is 0.794. The van der Waals surface area contributed by atoms with Gasteiger partial charge in [0.25, 0.3) is 0 Å². The Balaban J connectivity index is 2.30. The lowest BCUT2D eigenvalue weighted by Crippen LogP contribution is -2.33. The van der Waals surface area contributed by atoms with E-state index in [-0.39, 0.29) is 10.1 Å². The molecule has 1 aliphatic heterocycles. The van der Waals surface area contributed by atoms with Crippen LogP contribution in [0.25, 0.3) is 0 Å². The molecule has 0 saturated carbocycles. The summed E-state index contributed by atoms with van der Waals surface area (Å²) in [6, 6.07) is 1.55. The molecular weight excluding hydrogens is 260 g/mol. The normalized spacial score (nSPS) is 15.5. The van der Waals surface area contributed by atoms with Crippen LogP contribution in [0, 0.1) is 0 Å². The van der Waals surface area contributed by atoms with Gasteiger partial charge in [-0.1, -0.05) is 6.58 Å². The van der Waals surface area contributed by atoms with E-state index in [1.54, 1.807) is 11.0 Å². The lowest BCUT2D eigenvalue weighted by molar-refractivity contribution is -0.126. The highest BCUT2D eigenvalue weighted by atomic mass is 32.2. The Kier molecular flexibility index (Phi) is 3.07. The van der Waals surface area contributed by atoms with Crippen molar-refractivity contribution in [2.24, 2.45) is 5.14 Å². The van der Waals surface area contributed by atoms with Gasteiger partial charge < -0.3 is 4.90 Å².